The third-order valence-electron chi connectivity index (χ3n) is 9.09. The molecule has 0 bridgehead atoms. The van der Waals surface area contributed by atoms with Crippen molar-refractivity contribution in [2.75, 3.05) is 45.1 Å². The van der Waals surface area contributed by atoms with Crippen LogP contribution in [0.25, 0.3) is 39.1 Å². The van der Waals surface area contributed by atoms with Crippen molar-refractivity contribution >= 4 is 34.0 Å². The Morgan fingerprint density at radius 2 is 1.88 bits per heavy atom. The maximum atomic E-state index is 13.8. The van der Waals surface area contributed by atoms with Gasteiger partial charge in [0.25, 0.3) is 5.91 Å². The van der Waals surface area contributed by atoms with E-state index in [1.165, 1.54) is 16.9 Å². The van der Waals surface area contributed by atoms with E-state index in [4.69, 9.17) is 12.2 Å². The zero-order valence-electron chi connectivity index (χ0n) is 30.5. The molecule has 0 spiro atoms. The molecule has 5 heterocycles. The van der Waals surface area contributed by atoms with Crippen LogP contribution in [0.1, 0.15) is 35.0 Å². The predicted octanol–water partition coefficient (Wildman–Crippen LogP) is 4.55. The van der Waals surface area contributed by atoms with Gasteiger partial charge in [-0.05, 0) is 62.1 Å². The maximum absolute atomic E-state index is 13.8. The van der Waals surface area contributed by atoms with Crippen molar-refractivity contribution in [3.05, 3.63) is 78.8 Å². The van der Waals surface area contributed by atoms with Gasteiger partial charge in [0.15, 0.2) is 11.4 Å². The number of carbonyl (C=O) groups excluding carboxylic acids is 2. The molecule has 0 saturated carbocycles. The fraction of sp³-hybridized carbons (Fsp3) is 0.351. The summed E-state index contributed by atoms with van der Waals surface area (Å²) in [4.78, 5) is 39.0. The Hall–Kier alpha value is -5.40. The van der Waals surface area contributed by atoms with Crippen LogP contribution in [0, 0.1) is 0 Å². The quantitative estimate of drug-likeness (QED) is 0.218. The number of pyridine rings is 1. The number of nitrogens with one attached hydrogen (secondary N) is 2. The molecule has 3 aromatic heterocycles. The molecular formula is C37H41N9O4. The molecule has 13 heteroatoms. The van der Waals surface area contributed by atoms with Gasteiger partial charge in [-0.15, -0.1) is 0 Å². The third kappa shape index (κ3) is 6.87. The van der Waals surface area contributed by atoms with Crippen molar-refractivity contribution in [2.24, 2.45) is 7.05 Å². The molecular weight excluding hydrogens is 634 g/mol. The molecule has 1 atom stereocenters. The Morgan fingerprint density at radius 1 is 1.06 bits per heavy atom. The number of aromatic amines is 1. The van der Waals surface area contributed by atoms with Gasteiger partial charge in [-0.3, -0.25) is 24.3 Å². The minimum absolute atomic E-state index is 0.0321. The first-order chi connectivity index (χ1) is 25.0. The highest BCUT2D eigenvalue weighted by Gasteiger charge is 2.45. The van der Waals surface area contributed by atoms with Gasteiger partial charge in [0.05, 0.1) is 20.9 Å². The van der Waals surface area contributed by atoms with Gasteiger partial charge in [0.1, 0.15) is 12.0 Å². The van der Waals surface area contributed by atoms with Crippen molar-refractivity contribution in [2.45, 2.75) is 38.4 Å². The molecule has 5 aromatic rings. The van der Waals surface area contributed by atoms with Crippen LogP contribution in [0.4, 0.5) is 5.69 Å². The first-order valence-electron chi connectivity index (χ1n) is 17.6. The Balaban J connectivity index is 1.01. The molecule has 7 rings (SSSR count). The Morgan fingerprint density at radius 3 is 2.60 bits per heavy atom. The molecule has 0 radical (unpaired) electrons. The molecule has 1 fully saturated rings. The van der Waals surface area contributed by atoms with Crippen LogP contribution in [0.3, 0.4) is 0 Å². The number of hydrogen-bond donors (Lipinski definition) is 2. The molecule has 258 valence electrons. The number of fused-ring (bicyclic) bond motifs is 1. The number of rotatable bonds is 10. The highest BCUT2D eigenvalue weighted by atomic mass is 16.5. The lowest BCUT2D eigenvalue weighted by molar-refractivity contribution is -0.138. The first-order valence-corrected chi connectivity index (χ1v) is 16.6. The summed E-state index contributed by atoms with van der Waals surface area (Å²) >= 11 is 0. The summed E-state index contributed by atoms with van der Waals surface area (Å²) in [6.07, 6.45) is 6.06. The van der Waals surface area contributed by atoms with E-state index in [1.54, 1.807) is 23.3 Å². The van der Waals surface area contributed by atoms with E-state index >= 15 is 0 Å². The Labute approximate surface area is 293 Å². The van der Waals surface area contributed by atoms with Crippen molar-refractivity contribution in [3.8, 4) is 28.5 Å². The number of ether oxygens (including phenoxy) is 2. The highest BCUT2D eigenvalue weighted by Crippen LogP contribution is 2.32. The molecule has 2 aromatic carbocycles. The highest BCUT2D eigenvalue weighted by molar-refractivity contribution is 6.01. The average molecular weight is 678 g/mol. The second kappa shape index (κ2) is 13.8. The second-order valence-electron chi connectivity index (χ2n) is 12.9. The molecule has 2 aliphatic rings. The number of likely N-dealkylation sites (tertiary alicyclic amines) is 1. The fourth-order valence-electron chi connectivity index (χ4n) is 6.37. The lowest BCUT2D eigenvalue weighted by Crippen LogP contribution is -2.48. The van der Waals surface area contributed by atoms with Gasteiger partial charge in [-0.25, -0.2) is 9.97 Å². The number of carbonyl (C=O) groups is 2. The van der Waals surface area contributed by atoms with Crippen molar-refractivity contribution < 1.29 is 21.8 Å². The average Bonchev–Trinajstić information content (AvgIpc) is 3.90. The summed E-state index contributed by atoms with van der Waals surface area (Å²) in [5.74, 6) is 0.0856. The molecule has 2 N–H and O–H groups in total. The van der Waals surface area contributed by atoms with Gasteiger partial charge in [-0.1, -0.05) is 30.3 Å². The zero-order chi connectivity index (χ0) is 36.6. The largest absolute Gasteiger partial charge is 0.475 e. The summed E-state index contributed by atoms with van der Waals surface area (Å²) in [6, 6.07) is 17.1. The number of anilines is 1. The van der Waals surface area contributed by atoms with E-state index < -0.39 is 23.9 Å². The molecule has 1 unspecified atom stereocenters. The topological polar surface area (TPSA) is 143 Å². The lowest BCUT2D eigenvalue weighted by Gasteiger charge is -2.30. The summed E-state index contributed by atoms with van der Waals surface area (Å²) in [5, 5.41) is 15.6. The van der Waals surface area contributed by atoms with Crippen LogP contribution in [-0.4, -0.2) is 103 Å². The standard InChI is InChI=1S/C37H41N9O4/c1-24(2)50-32-19-28(11-15-38-32)34-30-20-29(9-10-31(30)41-42-34)40-36(48)37(49-4)14-18-45(22-37)21-33(47)46-16-12-26(13-17-46)25-5-7-27(8-6-25)35-39-23-44(3)43-35/h5-12,15,19-20,23-24H,13-14,16-18,21-22H2,1-4H3,(H,40,48)(H,41,42)/i21D2. The summed E-state index contributed by atoms with van der Waals surface area (Å²) in [7, 11) is 3.26. The minimum Gasteiger partial charge on any atom is -0.475 e. The van der Waals surface area contributed by atoms with Crippen molar-refractivity contribution in [3.63, 3.8) is 0 Å². The van der Waals surface area contributed by atoms with Crippen LogP contribution in [0.15, 0.2) is 73.2 Å². The number of nitrogens with zero attached hydrogens (tertiary/aromatic N) is 7. The Kier molecular flexibility index (Phi) is 8.48. The van der Waals surface area contributed by atoms with Crippen LogP contribution >= 0.6 is 0 Å². The summed E-state index contributed by atoms with van der Waals surface area (Å²) in [6.45, 7) is 2.27. The number of benzene rings is 2. The van der Waals surface area contributed by atoms with Gasteiger partial charge in [-0.2, -0.15) is 10.2 Å². The SMILES string of the molecule is [2H]C([2H])(C(=O)N1CC=C(c2ccc(-c3ncn(C)n3)cc2)CC1)N1CCC(OC)(C(=O)Nc2ccc3[nH]nc(-c4ccnc(OC(C)C)c4)c3c2)C1. The fourth-order valence-corrected chi connectivity index (χ4v) is 6.37. The zero-order valence-corrected chi connectivity index (χ0v) is 28.5. The van der Waals surface area contributed by atoms with Gasteiger partial charge in [0, 0.05) is 74.8 Å². The maximum Gasteiger partial charge on any atom is 0.258 e. The normalized spacial score (nSPS) is 19.0. The predicted molar refractivity (Wildman–Crippen MR) is 190 cm³/mol. The number of methoxy groups -OCH3 is 1. The van der Waals surface area contributed by atoms with E-state index in [2.05, 4.69) is 30.6 Å². The van der Waals surface area contributed by atoms with Crippen molar-refractivity contribution in [1.82, 2.24) is 39.7 Å². The molecule has 13 nitrogen and oxygen atoms in total. The van der Waals surface area contributed by atoms with E-state index in [-0.39, 0.29) is 32.2 Å². The van der Waals surface area contributed by atoms with Crippen LogP contribution in [0.2, 0.25) is 0 Å². The first kappa shape index (κ1) is 30.6. The third-order valence-corrected chi connectivity index (χ3v) is 9.09. The lowest BCUT2D eigenvalue weighted by atomic mass is 9.98. The van der Waals surface area contributed by atoms with Crippen LogP contribution < -0.4 is 10.1 Å². The molecule has 1 saturated heterocycles. The second-order valence-corrected chi connectivity index (χ2v) is 12.9. The number of H-pyrrole nitrogens is 1. The van der Waals surface area contributed by atoms with E-state index in [9.17, 15) is 9.59 Å². The molecule has 2 amide bonds. The van der Waals surface area contributed by atoms with E-state index in [1.807, 2.05) is 75.5 Å². The molecule has 2 aliphatic heterocycles. The number of aromatic nitrogens is 6. The number of amides is 2. The van der Waals surface area contributed by atoms with Crippen LogP contribution in [0.5, 0.6) is 5.88 Å². The smallest absolute Gasteiger partial charge is 0.258 e. The summed E-state index contributed by atoms with van der Waals surface area (Å²) in [5.41, 5.74) is 4.48. The van der Waals surface area contributed by atoms with Crippen molar-refractivity contribution in [1.29, 1.82) is 0 Å². The Bertz CT molecular complexity index is 2150. The summed E-state index contributed by atoms with van der Waals surface area (Å²) < 4.78 is 31.0. The number of hydrogen-bond acceptors (Lipinski definition) is 9. The monoisotopic (exact) mass is 677 g/mol. The van der Waals surface area contributed by atoms with E-state index in [0.29, 0.717) is 36.1 Å². The van der Waals surface area contributed by atoms with Gasteiger partial charge < -0.3 is 19.7 Å². The van der Waals surface area contributed by atoms with Crippen LogP contribution in [-0.2, 0) is 21.4 Å². The van der Waals surface area contributed by atoms with E-state index in [0.717, 1.165) is 33.2 Å². The van der Waals surface area contributed by atoms with Gasteiger partial charge >= 0.3 is 0 Å². The minimum atomic E-state index is -2.34. The molecule has 50 heavy (non-hydrogen) atoms. The van der Waals surface area contributed by atoms with Gasteiger partial charge in [0.2, 0.25) is 11.8 Å². The number of aryl methyl sites for hydroxylation is 1. The molecule has 0 aliphatic carbocycles.